The first-order valence-corrected chi connectivity index (χ1v) is 4.69. The number of ether oxygens (including phenoxy) is 1. The Morgan fingerprint density at radius 3 is 3.21 bits per heavy atom. The van der Waals surface area contributed by atoms with Crippen molar-refractivity contribution in [3.05, 3.63) is 18.2 Å². The first kappa shape index (κ1) is 9.15. The lowest BCUT2D eigenvalue weighted by Crippen LogP contribution is -2.32. The molecule has 0 saturated carbocycles. The highest BCUT2D eigenvalue weighted by molar-refractivity contribution is 5.64. The van der Waals surface area contributed by atoms with Crippen molar-refractivity contribution in [2.45, 2.75) is 12.5 Å². The van der Waals surface area contributed by atoms with Gasteiger partial charge in [0.2, 0.25) is 0 Å². The van der Waals surface area contributed by atoms with Gasteiger partial charge >= 0.3 is 0 Å². The van der Waals surface area contributed by atoms with Crippen molar-refractivity contribution in [3.63, 3.8) is 0 Å². The highest BCUT2D eigenvalue weighted by Gasteiger charge is 2.17. The van der Waals surface area contributed by atoms with E-state index in [1.54, 1.807) is 0 Å². The topological polar surface area (TPSA) is 67.5 Å². The average molecular weight is 194 g/mol. The van der Waals surface area contributed by atoms with Gasteiger partial charge < -0.3 is 20.9 Å². The SMILES string of the molecule is Nc1ccc2c(c1)NC(CCO)CO2. The molecule has 1 heterocycles. The standard InChI is InChI=1S/C10H14N2O2/c11-7-1-2-10-9(5-7)12-8(3-4-13)6-14-10/h1-2,5,8,12-13H,3-4,6,11H2. The molecule has 1 aromatic rings. The van der Waals surface area contributed by atoms with Crippen LogP contribution < -0.4 is 15.8 Å². The molecular weight excluding hydrogens is 180 g/mol. The highest BCUT2D eigenvalue weighted by Crippen LogP contribution is 2.30. The summed E-state index contributed by atoms with van der Waals surface area (Å²) in [7, 11) is 0. The van der Waals surface area contributed by atoms with Crippen molar-refractivity contribution in [2.24, 2.45) is 0 Å². The zero-order valence-corrected chi connectivity index (χ0v) is 7.86. The van der Waals surface area contributed by atoms with E-state index in [-0.39, 0.29) is 12.6 Å². The zero-order chi connectivity index (χ0) is 9.97. The van der Waals surface area contributed by atoms with E-state index >= 15 is 0 Å². The minimum Gasteiger partial charge on any atom is -0.489 e. The molecule has 0 aliphatic carbocycles. The number of anilines is 2. The van der Waals surface area contributed by atoms with E-state index in [0.29, 0.717) is 18.7 Å². The fourth-order valence-electron chi connectivity index (χ4n) is 1.55. The normalized spacial score (nSPS) is 19.4. The van der Waals surface area contributed by atoms with Crippen molar-refractivity contribution in [1.82, 2.24) is 0 Å². The van der Waals surface area contributed by atoms with E-state index in [9.17, 15) is 0 Å². The fraction of sp³-hybridized carbons (Fsp3) is 0.400. The van der Waals surface area contributed by atoms with Gasteiger partial charge in [-0.2, -0.15) is 0 Å². The summed E-state index contributed by atoms with van der Waals surface area (Å²) in [6, 6.07) is 5.69. The van der Waals surface area contributed by atoms with Crippen molar-refractivity contribution in [3.8, 4) is 5.75 Å². The molecule has 0 amide bonds. The Balaban J connectivity index is 2.16. The van der Waals surface area contributed by atoms with Gasteiger partial charge in [-0.15, -0.1) is 0 Å². The van der Waals surface area contributed by atoms with E-state index in [0.717, 1.165) is 11.4 Å². The van der Waals surface area contributed by atoms with Gasteiger partial charge in [-0.05, 0) is 24.6 Å². The van der Waals surface area contributed by atoms with Gasteiger partial charge in [-0.3, -0.25) is 0 Å². The summed E-state index contributed by atoms with van der Waals surface area (Å²) < 4.78 is 5.51. The largest absolute Gasteiger partial charge is 0.489 e. The number of fused-ring (bicyclic) bond motifs is 1. The molecule has 4 nitrogen and oxygen atoms in total. The van der Waals surface area contributed by atoms with Crippen LogP contribution in [0.2, 0.25) is 0 Å². The van der Waals surface area contributed by atoms with Crippen LogP contribution in [0, 0.1) is 0 Å². The number of nitrogens with two attached hydrogens (primary N) is 1. The highest BCUT2D eigenvalue weighted by atomic mass is 16.5. The predicted octanol–water partition coefficient (Wildman–Crippen LogP) is 0.824. The molecule has 0 spiro atoms. The predicted molar refractivity (Wildman–Crippen MR) is 55.5 cm³/mol. The first-order chi connectivity index (χ1) is 6.79. The lowest BCUT2D eigenvalue weighted by Gasteiger charge is -2.27. The first-order valence-electron chi connectivity index (χ1n) is 4.69. The Hall–Kier alpha value is -1.42. The van der Waals surface area contributed by atoms with E-state index in [1.807, 2.05) is 18.2 Å². The monoisotopic (exact) mass is 194 g/mol. The molecule has 2 rings (SSSR count). The van der Waals surface area contributed by atoms with Crippen LogP contribution >= 0.6 is 0 Å². The average Bonchev–Trinajstić information content (AvgIpc) is 2.17. The maximum absolute atomic E-state index is 8.80. The summed E-state index contributed by atoms with van der Waals surface area (Å²) in [5.41, 5.74) is 7.28. The smallest absolute Gasteiger partial charge is 0.142 e. The molecule has 0 aromatic heterocycles. The molecule has 14 heavy (non-hydrogen) atoms. The van der Waals surface area contributed by atoms with E-state index in [1.165, 1.54) is 0 Å². The molecule has 4 N–H and O–H groups in total. The number of rotatable bonds is 2. The van der Waals surface area contributed by atoms with Crippen molar-refractivity contribution in [1.29, 1.82) is 0 Å². The number of hydrogen-bond acceptors (Lipinski definition) is 4. The Bertz CT molecular complexity index is 328. The van der Waals surface area contributed by atoms with Gasteiger partial charge in [0.1, 0.15) is 12.4 Å². The molecule has 4 heteroatoms. The van der Waals surface area contributed by atoms with Crippen LogP contribution in [-0.2, 0) is 0 Å². The third kappa shape index (κ3) is 1.75. The Labute approximate surface area is 82.7 Å². The van der Waals surface area contributed by atoms with Gasteiger partial charge in [0.15, 0.2) is 0 Å². The van der Waals surface area contributed by atoms with E-state index in [2.05, 4.69) is 5.32 Å². The molecule has 1 aliphatic heterocycles. The van der Waals surface area contributed by atoms with E-state index in [4.69, 9.17) is 15.6 Å². The number of aliphatic hydroxyl groups excluding tert-OH is 1. The summed E-state index contributed by atoms with van der Waals surface area (Å²) in [5.74, 6) is 0.827. The molecule has 76 valence electrons. The third-order valence-electron chi connectivity index (χ3n) is 2.28. The van der Waals surface area contributed by atoms with Crippen molar-refractivity contribution in [2.75, 3.05) is 24.3 Å². The molecule has 0 fully saturated rings. The number of hydrogen-bond donors (Lipinski definition) is 3. The van der Waals surface area contributed by atoms with Crippen LogP contribution in [0.4, 0.5) is 11.4 Å². The number of benzene rings is 1. The van der Waals surface area contributed by atoms with Gasteiger partial charge in [0.05, 0.1) is 11.7 Å². The summed E-state index contributed by atoms with van der Waals surface area (Å²) in [4.78, 5) is 0. The maximum atomic E-state index is 8.80. The Kier molecular flexibility index (Phi) is 2.45. The Morgan fingerprint density at radius 2 is 2.43 bits per heavy atom. The molecule has 0 bridgehead atoms. The lowest BCUT2D eigenvalue weighted by molar-refractivity contribution is 0.233. The quantitative estimate of drug-likeness (QED) is 0.610. The fourth-order valence-corrected chi connectivity index (χ4v) is 1.55. The second kappa shape index (κ2) is 3.75. The molecule has 1 aliphatic rings. The number of nitrogens with one attached hydrogen (secondary N) is 1. The van der Waals surface area contributed by atoms with Crippen LogP contribution in [0.3, 0.4) is 0 Å². The Morgan fingerprint density at radius 1 is 1.57 bits per heavy atom. The third-order valence-corrected chi connectivity index (χ3v) is 2.28. The van der Waals surface area contributed by atoms with Crippen LogP contribution in [-0.4, -0.2) is 24.4 Å². The van der Waals surface area contributed by atoms with Crippen LogP contribution in [0.25, 0.3) is 0 Å². The molecule has 0 saturated heterocycles. The summed E-state index contributed by atoms with van der Waals surface area (Å²) >= 11 is 0. The maximum Gasteiger partial charge on any atom is 0.142 e. The zero-order valence-electron chi connectivity index (χ0n) is 7.86. The van der Waals surface area contributed by atoms with Gasteiger partial charge in [0.25, 0.3) is 0 Å². The molecule has 1 aromatic carbocycles. The van der Waals surface area contributed by atoms with Gasteiger partial charge in [-0.1, -0.05) is 0 Å². The summed E-state index contributed by atoms with van der Waals surface area (Å²) in [6.07, 6.45) is 0.689. The lowest BCUT2D eigenvalue weighted by atomic mass is 10.1. The van der Waals surface area contributed by atoms with Crippen molar-refractivity contribution < 1.29 is 9.84 Å². The molecule has 1 unspecified atom stereocenters. The second-order valence-corrected chi connectivity index (χ2v) is 3.42. The van der Waals surface area contributed by atoms with Crippen LogP contribution in [0.1, 0.15) is 6.42 Å². The van der Waals surface area contributed by atoms with E-state index < -0.39 is 0 Å². The minimum atomic E-state index is 0.165. The summed E-state index contributed by atoms with van der Waals surface area (Å²) in [5, 5.41) is 12.1. The number of aliphatic hydroxyl groups is 1. The van der Waals surface area contributed by atoms with Crippen LogP contribution in [0.5, 0.6) is 5.75 Å². The van der Waals surface area contributed by atoms with Crippen LogP contribution in [0.15, 0.2) is 18.2 Å². The van der Waals surface area contributed by atoms with Crippen molar-refractivity contribution >= 4 is 11.4 Å². The molecular formula is C10H14N2O2. The second-order valence-electron chi connectivity index (χ2n) is 3.42. The van der Waals surface area contributed by atoms with Gasteiger partial charge in [0, 0.05) is 12.3 Å². The molecule has 1 atom stereocenters. The molecule has 0 radical (unpaired) electrons. The minimum absolute atomic E-state index is 0.165. The number of nitrogen functional groups attached to an aromatic ring is 1. The summed E-state index contributed by atoms with van der Waals surface area (Å²) in [6.45, 7) is 0.760. The van der Waals surface area contributed by atoms with Gasteiger partial charge in [-0.25, -0.2) is 0 Å².